The number of hydrogen-bond acceptors (Lipinski definition) is 8. The summed E-state index contributed by atoms with van der Waals surface area (Å²) in [5.41, 5.74) is 2.27. The number of aromatic nitrogens is 3. The lowest BCUT2D eigenvalue weighted by Gasteiger charge is -2.40. The van der Waals surface area contributed by atoms with Crippen molar-refractivity contribution in [2.24, 2.45) is 0 Å². The molecular weight excluding hydrogens is 605 g/mol. The molecule has 3 aromatic rings. The maximum Gasteiger partial charge on any atom is 0.418 e. The van der Waals surface area contributed by atoms with E-state index in [0.29, 0.717) is 31.9 Å². The highest BCUT2D eigenvalue weighted by Crippen LogP contribution is 2.46. The molecule has 7 rings (SSSR count). The van der Waals surface area contributed by atoms with Crippen molar-refractivity contribution in [1.29, 1.82) is 0 Å². The first-order valence-electron chi connectivity index (χ1n) is 14.8. The number of piperazine rings is 1. The Balaban J connectivity index is 1.39. The number of alkyl halides is 4. The fourth-order valence-corrected chi connectivity index (χ4v) is 8.15. The maximum absolute atomic E-state index is 16.7. The van der Waals surface area contributed by atoms with Gasteiger partial charge < -0.3 is 20.7 Å². The van der Waals surface area contributed by atoms with E-state index in [-0.39, 0.29) is 51.5 Å². The molecule has 4 fully saturated rings. The van der Waals surface area contributed by atoms with Gasteiger partial charge in [0.05, 0.1) is 27.4 Å². The summed E-state index contributed by atoms with van der Waals surface area (Å²) in [6.45, 7) is 5.69. The predicted molar refractivity (Wildman–Crippen MR) is 157 cm³/mol. The summed E-state index contributed by atoms with van der Waals surface area (Å²) in [5, 5.41) is 3.59. The van der Waals surface area contributed by atoms with Gasteiger partial charge >= 0.3 is 12.2 Å². The molecule has 4 aliphatic rings. The molecule has 8 nitrogen and oxygen atoms in total. The molecule has 14 heteroatoms. The first-order chi connectivity index (χ1) is 20.8. The lowest BCUT2D eigenvalue weighted by Crippen LogP contribution is -2.58. The highest BCUT2D eigenvalue weighted by molar-refractivity contribution is 6.34. The summed E-state index contributed by atoms with van der Waals surface area (Å²) in [4.78, 5) is 17.1. The Morgan fingerprint density at radius 2 is 1.98 bits per heavy atom. The topological polar surface area (TPSA) is 92.4 Å². The standard InChI is InChI=1S/C30H33ClF5N7O/c1-15-8-20(37)38-25(22(15)30(34,35)36)21-19(31)9-18-24(23(21)33)39-27(44-14-29-5-3-7-43(29)11-16(32)10-29)40-26(18)42-12-17-4-6-28(2,13-42)41-17/h8-9,16-17,41H,3-7,10-14H2,1-2H3,(H2,37,38)/t16-,17-,28+,29+/m1/s1. The van der Waals surface area contributed by atoms with Gasteiger partial charge in [0.2, 0.25) is 0 Å². The highest BCUT2D eigenvalue weighted by Gasteiger charge is 2.49. The largest absolute Gasteiger partial charge is 0.461 e. The van der Waals surface area contributed by atoms with E-state index < -0.39 is 40.5 Å². The van der Waals surface area contributed by atoms with Crippen molar-refractivity contribution >= 4 is 34.1 Å². The Hall–Kier alpha value is -3.03. The normalized spacial score (nSPS) is 28.7. The average molecular weight is 638 g/mol. The molecule has 3 N–H and O–H groups in total. The van der Waals surface area contributed by atoms with Crippen molar-refractivity contribution in [2.75, 3.05) is 43.4 Å². The van der Waals surface area contributed by atoms with E-state index in [2.05, 4.69) is 27.1 Å². The van der Waals surface area contributed by atoms with Crippen molar-refractivity contribution in [2.45, 2.75) is 75.4 Å². The predicted octanol–water partition coefficient (Wildman–Crippen LogP) is 5.68. The number of nitrogen functional groups attached to an aromatic ring is 1. The summed E-state index contributed by atoms with van der Waals surface area (Å²) >= 11 is 6.59. The van der Waals surface area contributed by atoms with E-state index in [1.54, 1.807) is 0 Å². The molecule has 1 aromatic carbocycles. The average Bonchev–Trinajstić information content (AvgIpc) is 3.54. The summed E-state index contributed by atoms with van der Waals surface area (Å²) in [7, 11) is 0. The molecule has 0 spiro atoms. The molecular formula is C30H33ClF5N7O. The molecule has 4 atom stereocenters. The van der Waals surface area contributed by atoms with Gasteiger partial charge in [0, 0.05) is 43.0 Å². The minimum Gasteiger partial charge on any atom is -0.461 e. The fourth-order valence-electron chi connectivity index (χ4n) is 7.87. The van der Waals surface area contributed by atoms with Crippen LogP contribution >= 0.6 is 11.6 Å². The third kappa shape index (κ3) is 4.91. The van der Waals surface area contributed by atoms with Crippen LogP contribution in [0.5, 0.6) is 6.01 Å². The summed E-state index contributed by atoms with van der Waals surface area (Å²) in [6.07, 6.45) is -1.94. The Morgan fingerprint density at radius 3 is 2.73 bits per heavy atom. The fraction of sp³-hybridized carbons (Fsp3) is 0.567. The van der Waals surface area contributed by atoms with E-state index in [4.69, 9.17) is 27.1 Å². The smallest absolute Gasteiger partial charge is 0.418 e. The third-order valence-electron chi connectivity index (χ3n) is 9.71. The van der Waals surface area contributed by atoms with Crippen LogP contribution in [-0.2, 0) is 6.18 Å². The van der Waals surface area contributed by atoms with Gasteiger partial charge in [0.25, 0.3) is 0 Å². The van der Waals surface area contributed by atoms with Crippen LogP contribution in [-0.4, -0.2) is 75.9 Å². The van der Waals surface area contributed by atoms with Crippen molar-refractivity contribution in [1.82, 2.24) is 25.2 Å². The van der Waals surface area contributed by atoms with E-state index in [9.17, 15) is 17.6 Å². The van der Waals surface area contributed by atoms with Crippen molar-refractivity contribution < 1.29 is 26.7 Å². The lowest BCUT2D eigenvalue weighted by molar-refractivity contribution is -0.137. The molecule has 0 amide bonds. The van der Waals surface area contributed by atoms with Crippen LogP contribution in [0.1, 0.15) is 50.2 Å². The second-order valence-electron chi connectivity index (χ2n) is 13.0. The Bertz CT molecular complexity index is 1660. The molecule has 44 heavy (non-hydrogen) atoms. The number of anilines is 2. The monoisotopic (exact) mass is 637 g/mol. The SMILES string of the molecule is Cc1cc(N)nc(-c2c(Cl)cc3c(N4C[C@H]5CC[C@@](C)(C4)N5)nc(OC[C@@]45CCCN4C[C@H](F)C5)nc3c2F)c1C(F)(F)F. The lowest BCUT2D eigenvalue weighted by atomic mass is 9.95. The van der Waals surface area contributed by atoms with Gasteiger partial charge in [-0.25, -0.2) is 13.8 Å². The Morgan fingerprint density at radius 1 is 1.18 bits per heavy atom. The van der Waals surface area contributed by atoms with Crippen LogP contribution in [0.25, 0.3) is 22.2 Å². The summed E-state index contributed by atoms with van der Waals surface area (Å²) < 4.78 is 79.9. The van der Waals surface area contributed by atoms with E-state index in [1.165, 1.54) is 13.0 Å². The van der Waals surface area contributed by atoms with Crippen LogP contribution in [0.2, 0.25) is 5.02 Å². The number of pyridine rings is 1. The molecule has 4 saturated heterocycles. The molecule has 2 bridgehead atoms. The minimum atomic E-state index is -4.85. The molecule has 6 heterocycles. The number of nitrogens with zero attached hydrogens (tertiary/aromatic N) is 5. The molecule has 0 saturated carbocycles. The zero-order chi connectivity index (χ0) is 31.2. The van der Waals surface area contributed by atoms with E-state index >= 15 is 4.39 Å². The minimum absolute atomic E-state index is 0.108. The molecule has 0 aliphatic carbocycles. The number of benzene rings is 1. The number of ether oxygens (including phenoxy) is 1. The zero-order valence-corrected chi connectivity index (χ0v) is 25.1. The molecule has 4 aliphatic heterocycles. The van der Waals surface area contributed by atoms with Gasteiger partial charge in [0.1, 0.15) is 29.9 Å². The van der Waals surface area contributed by atoms with Crippen LogP contribution in [0, 0.1) is 12.7 Å². The second kappa shape index (κ2) is 10.2. The van der Waals surface area contributed by atoms with Gasteiger partial charge in [0.15, 0.2) is 5.82 Å². The number of rotatable bonds is 5. The number of aryl methyl sites for hydroxylation is 1. The summed E-state index contributed by atoms with van der Waals surface area (Å²) in [6, 6.07) is 2.53. The second-order valence-corrected chi connectivity index (χ2v) is 13.5. The number of fused-ring (bicyclic) bond motifs is 4. The third-order valence-corrected chi connectivity index (χ3v) is 10.0. The van der Waals surface area contributed by atoms with Gasteiger partial charge in [-0.2, -0.15) is 23.1 Å². The van der Waals surface area contributed by atoms with Crippen LogP contribution in [0.3, 0.4) is 0 Å². The molecule has 0 radical (unpaired) electrons. The van der Waals surface area contributed by atoms with Crippen LogP contribution in [0.4, 0.5) is 33.6 Å². The maximum atomic E-state index is 16.7. The summed E-state index contributed by atoms with van der Waals surface area (Å²) in [5.74, 6) is -0.917. The molecule has 0 unspecified atom stereocenters. The Kier molecular flexibility index (Phi) is 6.91. The first kappa shape index (κ1) is 29.7. The number of hydrogen-bond donors (Lipinski definition) is 2. The Labute approximate surface area is 256 Å². The first-order valence-corrected chi connectivity index (χ1v) is 15.2. The highest BCUT2D eigenvalue weighted by atomic mass is 35.5. The number of halogens is 6. The number of nitrogens with one attached hydrogen (secondary N) is 1. The zero-order valence-electron chi connectivity index (χ0n) is 24.4. The molecule has 2 aromatic heterocycles. The van der Waals surface area contributed by atoms with Gasteiger partial charge in [-0.3, -0.25) is 4.90 Å². The van der Waals surface area contributed by atoms with Crippen molar-refractivity contribution in [3.05, 3.63) is 34.1 Å². The van der Waals surface area contributed by atoms with Crippen molar-refractivity contribution in [3.8, 4) is 17.3 Å². The van der Waals surface area contributed by atoms with Gasteiger partial charge in [-0.05, 0) is 63.8 Å². The van der Waals surface area contributed by atoms with Crippen LogP contribution < -0.4 is 20.7 Å². The van der Waals surface area contributed by atoms with Crippen LogP contribution in [0.15, 0.2) is 12.1 Å². The van der Waals surface area contributed by atoms with Gasteiger partial charge in [-0.15, -0.1) is 0 Å². The molecule has 236 valence electrons. The van der Waals surface area contributed by atoms with E-state index in [1.807, 2.05) is 4.90 Å². The van der Waals surface area contributed by atoms with Crippen molar-refractivity contribution in [3.63, 3.8) is 0 Å². The number of nitrogens with two attached hydrogens (primary N) is 1. The quantitative estimate of drug-likeness (QED) is 0.346. The van der Waals surface area contributed by atoms with E-state index in [0.717, 1.165) is 38.3 Å². The van der Waals surface area contributed by atoms with Gasteiger partial charge in [-0.1, -0.05) is 11.6 Å².